The minimum Gasteiger partial charge on any atom is -0.319 e. The van der Waals surface area contributed by atoms with Crippen molar-refractivity contribution in [2.45, 2.75) is 13.1 Å². The van der Waals surface area contributed by atoms with Crippen LogP contribution in [-0.4, -0.2) is 15.7 Å². The first-order valence-corrected chi connectivity index (χ1v) is 8.87. The summed E-state index contributed by atoms with van der Waals surface area (Å²) in [5.41, 5.74) is -2.35. The smallest absolute Gasteiger partial charge is 0.319 e. The first-order valence-electron chi connectivity index (χ1n) is 8.12. The highest BCUT2D eigenvalue weighted by Crippen LogP contribution is 2.33. The number of hydrogen-bond donors (Lipinski definition) is 1. The monoisotopic (exact) mass is 441 g/mol. The molecule has 0 unspecified atom stereocenters. The molecule has 2 aromatic carbocycles. The molecule has 0 atom stereocenters. The minimum atomic E-state index is -4.65. The molecule has 0 saturated heterocycles. The maximum absolute atomic E-state index is 13.4. The molecule has 0 aliphatic carbocycles. The third kappa shape index (κ3) is 4.44. The Labute approximate surface area is 172 Å². The number of aryl methyl sites for hydroxylation is 1. The van der Waals surface area contributed by atoms with E-state index in [2.05, 4.69) is 10.4 Å². The Morgan fingerprint density at radius 3 is 2.48 bits per heavy atom. The normalized spacial score (nSPS) is 11.4. The van der Waals surface area contributed by atoms with Gasteiger partial charge in [0.15, 0.2) is 5.69 Å². The predicted octanol–water partition coefficient (Wildman–Crippen LogP) is 5.12. The number of nitrogens with one attached hydrogen (secondary N) is 1. The van der Waals surface area contributed by atoms with Crippen LogP contribution < -0.4 is 10.7 Å². The molecule has 10 heteroatoms. The summed E-state index contributed by atoms with van der Waals surface area (Å²) in [6.45, 7) is 1.41. The van der Waals surface area contributed by atoms with Crippen molar-refractivity contribution in [1.82, 2.24) is 9.78 Å². The number of anilines is 1. The molecule has 1 heterocycles. The summed E-state index contributed by atoms with van der Waals surface area (Å²) in [5.74, 6) is -0.933. The highest BCUT2D eigenvalue weighted by atomic mass is 35.5. The molecule has 3 rings (SSSR count). The Balaban J connectivity index is 2.09. The predicted molar refractivity (Wildman–Crippen MR) is 104 cm³/mol. The van der Waals surface area contributed by atoms with Crippen molar-refractivity contribution in [3.63, 3.8) is 0 Å². The van der Waals surface area contributed by atoms with Crippen molar-refractivity contribution in [1.29, 1.82) is 0 Å². The van der Waals surface area contributed by atoms with Gasteiger partial charge in [0, 0.05) is 16.8 Å². The van der Waals surface area contributed by atoms with Crippen molar-refractivity contribution < 1.29 is 18.0 Å². The molecule has 1 amide bonds. The van der Waals surface area contributed by atoms with Gasteiger partial charge in [0.2, 0.25) is 5.43 Å². The molecule has 5 nitrogen and oxygen atoms in total. The molecule has 29 heavy (non-hydrogen) atoms. The molecule has 150 valence electrons. The first-order chi connectivity index (χ1) is 13.6. The molecule has 0 saturated carbocycles. The van der Waals surface area contributed by atoms with Crippen LogP contribution in [0.4, 0.5) is 18.9 Å². The molecule has 0 spiro atoms. The Hall–Kier alpha value is -2.84. The summed E-state index contributed by atoms with van der Waals surface area (Å²) in [7, 11) is 0. The number of amides is 1. The number of halogens is 5. The number of carbonyl (C=O) groups is 1. The number of benzene rings is 2. The van der Waals surface area contributed by atoms with E-state index in [1.54, 1.807) is 0 Å². The van der Waals surface area contributed by atoms with E-state index < -0.39 is 28.8 Å². The van der Waals surface area contributed by atoms with Gasteiger partial charge >= 0.3 is 6.18 Å². The molecule has 0 bridgehead atoms. The zero-order valence-corrected chi connectivity index (χ0v) is 16.2. The van der Waals surface area contributed by atoms with E-state index >= 15 is 0 Å². The average Bonchev–Trinajstić information content (AvgIpc) is 2.64. The first kappa shape index (κ1) is 20.9. The molecule has 3 aromatic rings. The molecule has 0 aliphatic rings. The zero-order valence-electron chi connectivity index (χ0n) is 14.7. The topological polar surface area (TPSA) is 64.0 Å². The largest absolute Gasteiger partial charge is 0.418 e. The molecule has 0 radical (unpaired) electrons. The summed E-state index contributed by atoms with van der Waals surface area (Å²) in [6.07, 6.45) is -4.65. The lowest BCUT2D eigenvalue weighted by Gasteiger charge is -2.16. The summed E-state index contributed by atoms with van der Waals surface area (Å²) in [5, 5.41) is 6.73. The van der Waals surface area contributed by atoms with E-state index in [0.717, 1.165) is 16.8 Å². The second kappa shape index (κ2) is 7.88. The number of aromatic nitrogens is 2. The number of carbonyl (C=O) groups excluding carboxylic acids is 1. The van der Waals surface area contributed by atoms with Crippen LogP contribution in [0.2, 0.25) is 10.0 Å². The Morgan fingerprint density at radius 1 is 1.10 bits per heavy atom. The lowest BCUT2D eigenvalue weighted by Crippen LogP contribution is -2.27. The molecule has 0 aliphatic heterocycles. The van der Waals surface area contributed by atoms with E-state index in [4.69, 9.17) is 23.2 Å². The third-order valence-corrected chi connectivity index (χ3v) is 4.50. The number of nitrogens with zero attached hydrogens (tertiary/aromatic N) is 2. The van der Waals surface area contributed by atoms with Crippen LogP contribution in [0.1, 0.15) is 21.7 Å². The quantitative estimate of drug-likeness (QED) is 0.613. The van der Waals surface area contributed by atoms with Gasteiger partial charge in [0.05, 0.1) is 22.0 Å². The van der Waals surface area contributed by atoms with Crippen LogP contribution in [-0.2, 0) is 6.18 Å². The van der Waals surface area contributed by atoms with Crippen LogP contribution in [0.15, 0.2) is 53.3 Å². The van der Waals surface area contributed by atoms with Crippen molar-refractivity contribution in [3.05, 3.63) is 85.8 Å². The minimum absolute atomic E-state index is 0.129. The zero-order chi connectivity index (χ0) is 21.3. The number of hydrogen-bond acceptors (Lipinski definition) is 3. The van der Waals surface area contributed by atoms with Crippen molar-refractivity contribution in [3.8, 4) is 5.69 Å². The number of rotatable bonds is 3. The van der Waals surface area contributed by atoms with Crippen molar-refractivity contribution in [2.75, 3.05) is 5.32 Å². The maximum atomic E-state index is 13.4. The number of alkyl halides is 3. The van der Waals surface area contributed by atoms with Crippen molar-refractivity contribution in [2.24, 2.45) is 0 Å². The van der Waals surface area contributed by atoms with Gasteiger partial charge in [0.1, 0.15) is 0 Å². The van der Waals surface area contributed by atoms with Gasteiger partial charge in [-0.05, 0) is 37.3 Å². The van der Waals surface area contributed by atoms with Gasteiger partial charge in [-0.1, -0.05) is 35.3 Å². The highest BCUT2D eigenvalue weighted by molar-refractivity contribution is 6.35. The summed E-state index contributed by atoms with van der Waals surface area (Å²) < 4.78 is 41.0. The van der Waals surface area contributed by atoms with Gasteiger partial charge < -0.3 is 5.32 Å². The van der Waals surface area contributed by atoms with Crippen molar-refractivity contribution >= 4 is 34.8 Å². The number of para-hydroxylation sites is 1. The van der Waals surface area contributed by atoms with Gasteiger partial charge in [-0.25, -0.2) is 4.68 Å². The van der Waals surface area contributed by atoms with Crippen LogP contribution in [0.3, 0.4) is 0 Å². The molecule has 0 fully saturated rings. The Bertz CT molecular complexity index is 1160. The van der Waals surface area contributed by atoms with Gasteiger partial charge in [-0.2, -0.15) is 18.3 Å². The van der Waals surface area contributed by atoms with Crippen LogP contribution in [0.5, 0.6) is 0 Å². The van der Waals surface area contributed by atoms with Gasteiger partial charge in [-0.15, -0.1) is 0 Å². The Kier molecular flexibility index (Phi) is 5.68. The maximum Gasteiger partial charge on any atom is 0.418 e. The summed E-state index contributed by atoms with van der Waals surface area (Å²) >= 11 is 11.9. The fourth-order valence-electron chi connectivity index (χ4n) is 2.62. The molecule has 1 aromatic heterocycles. The van der Waals surface area contributed by atoms with Crippen LogP contribution in [0.25, 0.3) is 5.69 Å². The SMILES string of the molecule is Cc1cc(=O)c(C(=O)Nc2cc(Cl)ccc2Cl)nn1-c1ccccc1C(F)(F)F. The lowest BCUT2D eigenvalue weighted by atomic mass is 10.1. The highest BCUT2D eigenvalue weighted by Gasteiger charge is 2.34. The average molecular weight is 442 g/mol. The molecular formula is C19H12Cl2F3N3O2. The molecular weight excluding hydrogens is 430 g/mol. The van der Waals surface area contributed by atoms with E-state index in [-0.39, 0.29) is 27.1 Å². The summed E-state index contributed by atoms with van der Waals surface area (Å²) in [4.78, 5) is 24.8. The molecule has 1 N–H and O–H groups in total. The summed E-state index contributed by atoms with van der Waals surface area (Å²) in [6, 6.07) is 10.1. The van der Waals surface area contributed by atoms with Crippen LogP contribution in [0, 0.1) is 6.92 Å². The second-order valence-electron chi connectivity index (χ2n) is 6.00. The van der Waals surface area contributed by atoms with Gasteiger partial charge in [-0.3, -0.25) is 9.59 Å². The van der Waals surface area contributed by atoms with E-state index in [9.17, 15) is 22.8 Å². The fourth-order valence-corrected chi connectivity index (χ4v) is 2.96. The third-order valence-electron chi connectivity index (χ3n) is 3.94. The van der Waals surface area contributed by atoms with Crippen LogP contribution >= 0.6 is 23.2 Å². The van der Waals surface area contributed by atoms with Gasteiger partial charge in [0.25, 0.3) is 5.91 Å². The fraction of sp³-hybridized carbons (Fsp3) is 0.105. The second-order valence-corrected chi connectivity index (χ2v) is 6.85. The standard InChI is InChI=1S/C19H12Cl2F3N3O2/c1-10-8-16(28)17(18(29)25-14-9-11(20)6-7-13(14)21)26-27(10)15-5-3-2-4-12(15)19(22,23)24/h2-9H,1H3,(H,25,29). The van der Waals surface area contributed by atoms with E-state index in [1.807, 2.05) is 0 Å². The lowest BCUT2D eigenvalue weighted by molar-refractivity contribution is -0.137. The van der Waals surface area contributed by atoms with E-state index in [1.165, 1.54) is 43.3 Å². The van der Waals surface area contributed by atoms with E-state index in [0.29, 0.717) is 0 Å². The Morgan fingerprint density at radius 2 is 1.79 bits per heavy atom.